The lowest BCUT2D eigenvalue weighted by atomic mass is 10.1. The molecule has 0 aliphatic carbocycles. The Hall–Kier alpha value is -2.21. The number of hydrogen-bond acceptors (Lipinski definition) is 3. The number of nitro benzene ring substituents is 1. The highest BCUT2D eigenvalue weighted by Gasteiger charge is 2.14. The van der Waals surface area contributed by atoms with Crippen molar-refractivity contribution in [3.63, 3.8) is 0 Å². The van der Waals surface area contributed by atoms with E-state index in [4.69, 9.17) is 0 Å². The summed E-state index contributed by atoms with van der Waals surface area (Å²) < 4.78 is 0.818. The van der Waals surface area contributed by atoms with Crippen LogP contribution in [0.5, 0.6) is 0 Å². The molecule has 0 fully saturated rings. The number of carbonyl (C=O) groups excluding carboxylic acids is 1. The fourth-order valence-corrected chi connectivity index (χ4v) is 2.30. The summed E-state index contributed by atoms with van der Waals surface area (Å²) in [4.78, 5) is 22.5. The van der Waals surface area contributed by atoms with Crippen LogP contribution in [-0.4, -0.2) is 10.8 Å². The van der Waals surface area contributed by atoms with Crippen LogP contribution in [0.2, 0.25) is 0 Å². The summed E-state index contributed by atoms with van der Waals surface area (Å²) >= 11 is 3.31. The molecule has 0 saturated heterocycles. The van der Waals surface area contributed by atoms with Crippen molar-refractivity contribution in [3.8, 4) is 0 Å². The average Bonchev–Trinajstić information content (AvgIpc) is 2.47. The Labute approximate surface area is 130 Å². The lowest BCUT2D eigenvalue weighted by molar-refractivity contribution is -0.384. The van der Waals surface area contributed by atoms with Crippen molar-refractivity contribution in [2.75, 3.05) is 0 Å². The number of non-ortho nitro benzene ring substituents is 1. The van der Waals surface area contributed by atoms with Gasteiger partial charge in [-0.2, -0.15) is 0 Å². The van der Waals surface area contributed by atoms with Crippen molar-refractivity contribution >= 4 is 27.5 Å². The van der Waals surface area contributed by atoms with Gasteiger partial charge in [0.1, 0.15) is 0 Å². The van der Waals surface area contributed by atoms with Gasteiger partial charge in [-0.05, 0) is 30.7 Å². The van der Waals surface area contributed by atoms with E-state index in [1.54, 1.807) is 37.3 Å². The molecule has 0 spiro atoms. The molecule has 108 valence electrons. The Balaban J connectivity index is 2.14. The van der Waals surface area contributed by atoms with Crippen molar-refractivity contribution in [3.05, 3.63) is 74.2 Å². The number of nitrogens with one attached hydrogen (secondary N) is 1. The van der Waals surface area contributed by atoms with Crippen LogP contribution in [-0.2, 0) is 0 Å². The lowest BCUT2D eigenvalue weighted by Crippen LogP contribution is -2.26. The molecule has 0 heterocycles. The number of benzene rings is 2. The van der Waals surface area contributed by atoms with Gasteiger partial charge in [0.05, 0.1) is 11.0 Å². The van der Waals surface area contributed by atoms with Crippen LogP contribution < -0.4 is 5.32 Å². The van der Waals surface area contributed by atoms with E-state index in [2.05, 4.69) is 21.2 Å². The van der Waals surface area contributed by atoms with Gasteiger partial charge in [0.15, 0.2) is 0 Å². The highest BCUT2D eigenvalue weighted by molar-refractivity contribution is 9.10. The van der Waals surface area contributed by atoms with Gasteiger partial charge in [0.25, 0.3) is 11.6 Å². The van der Waals surface area contributed by atoms with Crippen molar-refractivity contribution in [2.24, 2.45) is 0 Å². The van der Waals surface area contributed by atoms with Gasteiger partial charge in [-0.1, -0.05) is 34.1 Å². The molecular formula is C15H13BrN2O3. The maximum absolute atomic E-state index is 12.1. The van der Waals surface area contributed by atoms with Crippen molar-refractivity contribution < 1.29 is 9.72 Å². The van der Waals surface area contributed by atoms with Crippen LogP contribution in [0.3, 0.4) is 0 Å². The number of amides is 1. The molecule has 6 heteroatoms. The maximum Gasteiger partial charge on any atom is 0.269 e. The molecule has 0 bridgehead atoms. The molecule has 2 rings (SSSR count). The first-order valence-electron chi connectivity index (χ1n) is 6.28. The molecule has 5 nitrogen and oxygen atoms in total. The second-order valence-corrected chi connectivity index (χ2v) is 5.47. The lowest BCUT2D eigenvalue weighted by Gasteiger charge is -2.14. The zero-order valence-corrected chi connectivity index (χ0v) is 12.8. The van der Waals surface area contributed by atoms with Gasteiger partial charge in [-0.3, -0.25) is 14.9 Å². The normalized spacial score (nSPS) is 11.7. The molecule has 1 unspecified atom stereocenters. The first-order valence-corrected chi connectivity index (χ1v) is 7.07. The fraction of sp³-hybridized carbons (Fsp3) is 0.133. The summed E-state index contributed by atoms with van der Waals surface area (Å²) in [6.07, 6.45) is 0. The van der Waals surface area contributed by atoms with Crippen LogP contribution in [0.1, 0.15) is 28.9 Å². The van der Waals surface area contributed by atoms with Crippen molar-refractivity contribution in [1.29, 1.82) is 0 Å². The number of hydrogen-bond donors (Lipinski definition) is 1. The first kappa shape index (κ1) is 15.2. The van der Waals surface area contributed by atoms with Gasteiger partial charge >= 0.3 is 0 Å². The number of halogens is 1. The summed E-state index contributed by atoms with van der Waals surface area (Å²) in [5, 5.41) is 13.6. The molecule has 1 atom stereocenters. The second kappa shape index (κ2) is 6.49. The predicted molar refractivity (Wildman–Crippen MR) is 83.1 cm³/mol. The Morgan fingerprint density at radius 3 is 2.62 bits per heavy atom. The van der Waals surface area contributed by atoms with Crippen LogP contribution in [0.4, 0.5) is 5.69 Å². The standard InChI is InChI=1S/C15H13BrN2O3/c1-10(11-4-3-7-14(9-11)18(20)21)17-15(19)12-5-2-6-13(16)8-12/h2-10H,1H3,(H,17,19). The van der Waals surface area contributed by atoms with E-state index in [0.29, 0.717) is 11.1 Å². The summed E-state index contributed by atoms with van der Waals surface area (Å²) in [7, 11) is 0. The van der Waals surface area contributed by atoms with E-state index >= 15 is 0 Å². The molecule has 1 amide bonds. The predicted octanol–water partition coefficient (Wildman–Crippen LogP) is 3.85. The molecule has 21 heavy (non-hydrogen) atoms. The number of nitro groups is 1. The van der Waals surface area contributed by atoms with Crippen molar-refractivity contribution in [1.82, 2.24) is 5.32 Å². The fourth-order valence-electron chi connectivity index (χ4n) is 1.90. The van der Waals surface area contributed by atoms with Crippen LogP contribution >= 0.6 is 15.9 Å². The molecule has 0 aromatic heterocycles. The van der Waals surface area contributed by atoms with E-state index in [9.17, 15) is 14.9 Å². The molecular weight excluding hydrogens is 336 g/mol. The number of rotatable bonds is 4. The third-order valence-corrected chi connectivity index (χ3v) is 3.51. The van der Waals surface area contributed by atoms with E-state index in [1.165, 1.54) is 12.1 Å². The molecule has 0 aliphatic heterocycles. The largest absolute Gasteiger partial charge is 0.346 e. The minimum atomic E-state index is -0.452. The van der Waals surface area contributed by atoms with E-state index < -0.39 is 4.92 Å². The zero-order valence-electron chi connectivity index (χ0n) is 11.2. The van der Waals surface area contributed by atoms with Crippen LogP contribution in [0, 0.1) is 10.1 Å². The molecule has 2 aromatic carbocycles. The van der Waals surface area contributed by atoms with Crippen LogP contribution in [0.15, 0.2) is 53.0 Å². The minimum Gasteiger partial charge on any atom is -0.346 e. The monoisotopic (exact) mass is 348 g/mol. The Bertz CT molecular complexity index is 688. The third-order valence-electron chi connectivity index (χ3n) is 3.02. The average molecular weight is 349 g/mol. The topological polar surface area (TPSA) is 72.2 Å². The molecule has 1 N–H and O–H groups in total. The minimum absolute atomic E-state index is 0.0102. The number of nitrogens with zero attached hydrogens (tertiary/aromatic N) is 1. The smallest absolute Gasteiger partial charge is 0.269 e. The second-order valence-electron chi connectivity index (χ2n) is 4.56. The Kier molecular flexibility index (Phi) is 4.70. The molecule has 0 saturated carbocycles. The summed E-state index contributed by atoms with van der Waals surface area (Å²) in [6, 6.07) is 13.0. The van der Waals surface area contributed by atoms with E-state index in [1.807, 2.05) is 6.07 Å². The van der Waals surface area contributed by atoms with Crippen LogP contribution in [0.25, 0.3) is 0 Å². The van der Waals surface area contributed by atoms with E-state index in [0.717, 1.165) is 4.47 Å². The highest BCUT2D eigenvalue weighted by Crippen LogP contribution is 2.19. The quantitative estimate of drug-likeness (QED) is 0.673. The summed E-state index contributed by atoms with van der Waals surface area (Å²) in [6.45, 7) is 1.79. The Morgan fingerprint density at radius 1 is 1.24 bits per heavy atom. The molecule has 0 aliphatic rings. The summed E-state index contributed by atoms with van der Waals surface area (Å²) in [5.74, 6) is -0.227. The highest BCUT2D eigenvalue weighted by atomic mass is 79.9. The van der Waals surface area contributed by atoms with E-state index in [-0.39, 0.29) is 17.6 Å². The number of carbonyl (C=O) groups is 1. The van der Waals surface area contributed by atoms with Gasteiger partial charge in [0.2, 0.25) is 0 Å². The molecule has 0 radical (unpaired) electrons. The van der Waals surface area contributed by atoms with Gasteiger partial charge in [-0.15, -0.1) is 0 Å². The van der Waals surface area contributed by atoms with Gasteiger partial charge in [0, 0.05) is 22.2 Å². The summed E-state index contributed by atoms with van der Waals surface area (Å²) in [5.41, 5.74) is 1.23. The van der Waals surface area contributed by atoms with Gasteiger partial charge < -0.3 is 5.32 Å². The van der Waals surface area contributed by atoms with Gasteiger partial charge in [-0.25, -0.2) is 0 Å². The molecule has 2 aromatic rings. The Morgan fingerprint density at radius 2 is 1.95 bits per heavy atom. The third kappa shape index (κ3) is 3.88. The zero-order chi connectivity index (χ0) is 15.4. The SMILES string of the molecule is CC(NC(=O)c1cccc(Br)c1)c1cccc([N+](=O)[O-])c1. The van der Waals surface area contributed by atoms with Crippen molar-refractivity contribution in [2.45, 2.75) is 13.0 Å². The first-order chi connectivity index (χ1) is 9.97. The maximum atomic E-state index is 12.1.